The summed E-state index contributed by atoms with van der Waals surface area (Å²) in [5, 5.41) is 1.23. The normalized spacial score (nSPS) is 16.0. The fourth-order valence-electron chi connectivity index (χ4n) is 3.94. The lowest BCUT2D eigenvalue weighted by molar-refractivity contribution is -0.118. The molecule has 4 heteroatoms. The molecule has 0 bridgehead atoms. The van der Waals surface area contributed by atoms with Gasteiger partial charge in [0.15, 0.2) is 0 Å². The van der Waals surface area contributed by atoms with Crippen molar-refractivity contribution >= 4 is 39.4 Å². The van der Waals surface area contributed by atoms with Gasteiger partial charge in [-0.2, -0.15) is 0 Å². The van der Waals surface area contributed by atoms with E-state index in [9.17, 15) is 4.79 Å². The van der Waals surface area contributed by atoms with Crippen LogP contribution in [0, 0.1) is 3.57 Å². The maximum atomic E-state index is 11.5. The molecule has 3 nitrogen and oxygen atoms in total. The number of hydrogen-bond donors (Lipinski definition) is 1. The molecule has 1 heterocycles. The van der Waals surface area contributed by atoms with E-state index in [1.165, 1.54) is 26.5 Å². The van der Waals surface area contributed by atoms with Gasteiger partial charge in [0.2, 0.25) is 5.91 Å². The number of rotatable bonds is 4. The second kappa shape index (κ2) is 5.92. The summed E-state index contributed by atoms with van der Waals surface area (Å²) in [5.74, 6) is -0.306. The molecule has 1 saturated carbocycles. The first-order valence-corrected chi connectivity index (χ1v) is 9.31. The number of hydrogen-bond acceptors (Lipinski definition) is 1. The number of aromatic nitrogens is 1. The zero-order valence-corrected chi connectivity index (χ0v) is 15.5. The maximum absolute atomic E-state index is 11.5. The van der Waals surface area contributed by atoms with E-state index in [4.69, 9.17) is 5.73 Å². The molecule has 0 saturated heterocycles. The standard InChI is InChI=1S/C20H19IN2O/c21-15-8-6-14(7-9-15)20(10-3-11-20)17-12-23(13-19(22)24)18-5-2-1-4-16(17)18/h1-2,4-9,12H,3,10-11,13H2,(H2,22,24). The number of carbonyl (C=O) groups excluding carboxylic acids is 1. The number of primary amides is 1. The first kappa shape index (κ1) is 15.7. The number of benzene rings is 2. The average Bonchev–Trinajstić information content (AvgIpc) is 2.87. The van der Waals surface area contributed by atoms with Crippen LogP contribution in [0.15, 0.2) is 54.7 Å². The zero-order chi connectivity index (χ0) is 16.7. The van der Waals surface area contributed by atoms with Crippen molar-refractivity contribution in [3.63, 3.8) is 0 Å². The monoisotopic (exact) mass is 430 g/mol. The highest BCUT2D eigenvalue weighted by molar-refractivity contribution is 14.1. The lowest BCUT2D eigenvalue weighted by Crippen LogP contribution is -2.35. The molecular weight excluding hydrogens is 411 g/mol. The Bertz CT molecular complexity index is 907. The summed E-state index contributed by atoms with van der Waals surface area (Å²) in [5.41, 5.74) is 9.29. The maximum Gasteiger partial charge on any atom is 0.237 e. The summed E-state index contributed by atoms with van der Waals surface area (Å²) >= 11 is 2.35. The first-order valence-electron chi connectivity index (χ1n) is 8.23. The van der Waals surface area contributed by atoms with Crippen LogP contribution in [0.2, 0.25) is 0 Å². The molecule has 1 aromatic heterocycles. The molecule has 4 rings (SSSR count). The Labute approximate surface area is 155 Å². The van der Waals surface area contributed by atoms with Gasteiger partial charge in [0.1, 0.15) is 6.54 Å². The Morgan fingerprint density at radius 1 is 1.12 bits per heavy atom. The van der Waals surface area contributed by atoms with Gasteiger partial charge in [-0.25, -0.2) is 0 Å². The molecule has 0 unspecified atom stereocenters. The van der Waals surface area contributed by atoms with Crippen LogP contribution in [0.25, 0.3) is 10.9 Å². The van der Waals surface area contributed by atoms with Crippen molar-refractivity contribution in [1.82, 2.24) is 4.57 Å². The van der Waals surface area contributed by atoms with Crippen molar-refractivity contribution in [2.45, 2.75) is 31.2 Å². The van der Waals surface area contributed by atoms with E-state index in [1.54, 1.807) is 0 Å². The second-order valence-corrected chi connectivity index (χ2v) is 7.84. The summed E-state index contributed by atoms with van der Waals surface area (Å²) in [6.45, 7) is 0.225. The lowest BCUT2D eigenvalue weighted by atomic mass is 9.60. The van der Waals surface area contributed by atoms with Gasteiger partial charge >= 0.3 is 0 Å². The van der Waals surface area contributed by atoms with Crippen LogP contribution in [0.1, 0.15) is 30.4 Å². The van der Waals surface area contributed by atoms with E-state index >= 15 is 0 Å². The first-order chi connectivity index (χ1) is 11.6. The van der Waals surface area contributed by atoms with Crippen molar-refractivity contribution in [1.29, 1.82) is 0 Å². The highest BCUT2D eigenvalue weighted by Crippen LogP contribution is 2.51. The molecule has 1 amide bonds. The van der Waals surface area contributed by atoms with E-state index < -0.39 is 0 Å². The Balaban J connectivity index is 1.91. The predicted molar refractivity (Wildman–Crippen MR) is 105 cm³/mol. The fraction of sp³-hybridized carbons (Fsp3) is 0.250. The molecule has 1 aliphatic carbocycles. The minimum absolute atomic E-state index is 0.0623. The number of amides is 1. The molecule has 3 aromatic rings. The van der Waals surface area contributed by atoms with Gasteiger partial charge in [-0.1, -0.05) is 36.8 Å². The van der Waals surface area contributed by atoms with Gasteiger partial charge in [-0.15, -0.1) is 0 Å². The van der Waals surface area contributed by atoms with Crippen LogP contribution in [0.4, 0.5) is 0 Å². The van der Waals surface area contributed by atoms with Crippen LogP contribution in [0.3, 0.4) is 0 Å². The minimum atomic E-state index is -0.306. The van der Waals surface area contributed by atoms with Gasteiger partial charge in [-0.3, -0.25) is 4.79 Å². The largest absolute Gasteiger partial charge is 0.368 e. The topological polar surface area (TPSA) is 48.0 Å². The molecule has 0 aliphatic heterocycles. The second-order valence-electron chi connectivity index (χ2n) is 6.60. The van der Waals surface area contributed by atoms with Crippen LogP contribution in [0.5, 0.6) is 0 Å². The van der Waals surface area contributed by atoms with E-state index in [-0.39, 0.29) is 17.9 Å². The fourth-order valence-corrected chi connectivity index (χ4v) is 4.30. The van der Waals surface area contributed by atoms with Gasteiger partial charge in [0, 0.05) is 26.1 Å². The van der Waals surface area contributed by atoms with Crippen LogP contribution in [-0.2, 0) is 16.8 Å². The summed E-state index contributed by atoms with van der Waals surface area (Å²) < 4.78 is 3.25. The molecule has 1 aliphatic rings. The van der Waals surface area contributed by atoms with Gasteiger partial charge < -0.3 is 10.3 Å². The Morgan fingerprint density at radius 2 is 1.83 bits per heavy atom. The van der Waals surface area contributed by atoms with E-state index in [0.717, 1.165) is 18.4 Å². The van der Waals surface area contributed by atoms with Crippen LogP contribution >= 0.6 is 22.6 Å². The molecule has 0 spiro atoms. The third kappa shape index (κ3) is 2.44. The number of nitrogens with two attached hydrogens (primary N) is 1. The molecule has 1 fully saturated rings. The minimum Gasteiger partial charge on any atom is -0.368 e. The number of para-hydroxylation sites is 1. The van der Waals surface area contributed by atoms with E-state index in [0.29, 0.717) is 0 Å². The molecule has 122 valence electrons. The van der Waals surface area contributed by atoms with Crippen molar-refractivity contribution < 1.29 is 4.79 Å². The Morgan fingerprint density at radius 3 is 2.46 bits per heavy atom. The highest BCUT2D eigenvalue weighted by Gasteiger charge is 2.42. The van der Waals surface area contributed by atoms with Crippen molar-refractivity contribution in [2.75, 3.05) is 0 Å². The van der Waals surface area contributed by atoms with E-state index in [1.807, 2.05) is 10.6 Å². The molecule has 24 heavy (non-hydrogen) atoms. The quantitative estimate of drug-likeness (QED) is 0.620. The van der Waals surface area contributed by atoms with Crippen molar-refractivity contribution in [2.24, 2.45) is 5.73 Å². The number of nitrogens with zero attached hydrogens (tertiary/aromatic N) is 1. The summed E-state index contributed by atoms with van der Waals surface area (Å²) in [7, 11) is 0. The third-order valence-corrected chi connectivity index (χ3v) is 5.95. The number of carbonyl (C=O) groups is 1. The summed E-state index contributed by atoms with van der Waals surface area (Å²) in [6.07, 6.45) is 5.68. The van der Waals surface area contributed by atoms with Gasteiger partial charge in [0.25, 0.3) is 0 Å². The van der Waals surface area contributed by atoms with Crippen LogP contribution in [-0.4, -0.2) is 10.5 Å². The highest BCUT2D eigenvalue weighted by atomic mass is 127. The number of fused-ring (bicyclic) bond motifs is 1. The van der Waals surface area contributed by atoms with Crippen molar-refractivity contribution in [3.8, 4) is 0 Å². The molecular formula is C20H19IN2O. The van der Waals surface area contributed by atoms with Gasteiger partial charge in [-0.05, 0) is 64.8 Å². The lowest BCUT2D eigenvalue weighted by Gasteiger charge is -2.42. The van der Waals surface area contributed by atoms with Crippen LogP contribution < -0.4 is 5.73 Å². The summed E-state index contributed by atoms with van der Waals surface area (Å²) in [6, 6.07) is 17.2. The number of halogens is 1. The molecule has 0 atom stereocenters. The predicted octanol–water partition coefficient (Wildman–Crippen LogP) is 4.20. The Kier molecular flexibility index (Phi) is 3.87. The zero-order valence-electron chi connectivity index (χ0n) is 13.3. The third-order valence-electron chi connectivity index (χ3n) is 5.23. The average molecular weight is 430 g/mol. The SMILES string of the molecule is NC(=O)Cn1cc(C2(c3ccc(I)cc3)CCC2)c2ccccc21. The molecule has 2 N–H and O–H groups in total. The smallest absolute Gasteiger partial charge is 0.237 e. The van der Waals surface area contributed by atoms with E-state index in [2.05, 4.69) is 71.3 Å². The Hall–Kier alpha value is -1.82. The summed E-state index contributed by atoms with van der Waals surface area (Å²) in [4.78, 5) is 11.5. The van der Waals surface area contributed by atoms with Gasteiger partial charge in [0.05, 0.1) is 0 Å². The molecule has 2 aromatic carbocycles. The molecule has 0 radical (unpaired) electrons. The van der Waals surface area contributed by atoms with Crippen molar-refractivity contribution in [3.05, 3.63) is 69.4 Å².